The number of aryl methyl sites for hydroxylation is 1. The maximum Gasteiger partial charge on any atom is 0.352 e. The van der Waals surface area contributed by atoms with Crippen molar-refractivity contribution in [3.05, 3.63) is 91.4 Å². The average molecular weight is 467 g/mol. The quantitative estimate of drug-likeness (QED) is 0.462. The second-order valence-corrected chi connectivity index (χ2v) is 7.53. The maximum atomic E-state index is 12.8. The zero-order chi connectivity index (χ0) is 23.5. The minimum atomic E-state index is -0.685. The molecule has 0 spiro atoms. The molecule has 11 heteroatoms. The van der Waals surface area contributed by atoms with Crippen LogP contribution in [0.3, 0.4) is 0 Å². The lowest BCUT2D eigenvalue weighted by Crippen LogP contribution is -2.41. The fourth-order valence-corrected chi connectivity index (χ4v) is 3.30. The molecule has 1 N–H and O–H groups in total. The molecule has 2 aromatic carbocycles. The van der Waals surface area contributed by atoms with Crippen LogP contribution in [-0.2, 0) is 13.1 Å². The van der Waals surface area contributed by atoms with Gasteiger partial charge in [-0.05, 0) is 37.6 Å². The molecule has 10 nitrogen and oxygen atoms in total. The number of carbonyl (C=O) groups excluding carboxylic acids is 1. The molecule has 0 aliphatic rings. The van der Waals surface area contributed by atoms with Crippen LogP contribution in [0.1, 0.15) is 28.7 Å². The number of carbonyl (C=O) groups is 1. The van der Waals surface area contributed by atoms with Crippen molar-refractivity contribution < 1.29 is 9.32 Å². The van der Waals surface area contributed by atoms with E-state index in [9.17, 15) is 14.4 Å². The van der Waals surface area contributed by atoms with Gasteiger partial charge in [-0.15, -0.1) is 0 Å². The molecule has 2 aromatic heterocycles. The van der Waals surface area contributed by atoms with Gasteiger partial charge < -0.3 is 9.84 Å². The molecule has 0 bridgehead atoms. The second kappa shape index (κ2) is 9.21. The fraction of sp³-hybridized carbons (Fsp3) is 0.182. The smallest absolute Gasteiger partial charge is 0.344 e. The van der Waals surface area contributed by atoms with Crippen molar-refractivity contribution in [2.24, 2.45) is 0 Å². The lowest BCUT2D eigenvalue weighted by atomic mass is 10.2. The van der Waals surface area contributed by atoms with Crippen molar-refractivity contribution in [1.29, 1.82) is 0 Å². The third-order valence-corrected chi connectivity index (χ3v) is 5.25. The van der Waals surface area contributed by atoms with Gasteiger partial charge in [0.05, 0.1) is 5.69 Å². The van der Waals surface area contributed by atoms with Crippen LogP contribution in [0.25, 0.3) is 17.2 Å². The first-order chi connectivity index (χ1) is 15.9. The minimum absolute atomic E-state index is 0.113. The van der Waals surface area contributed by atoms with E-state index in [1.54, 1.807) is 43.3 Å². The molecule has 0 fully saturated rings. The Morgan fingerprint density at radius 1 is 1.12 bits per heavy atom. The molecule has 0 unspecified atom stereocenters. The van der Waals surface area contributed by atoms with Gasteiger partial charge in [0.15, 0.2) is 5.69 Å². The lowest BCUT2D eigenvalue weighted by molar-refractivity contribution is 0.0907. The van der Waals surface area contributed by atoms with Crippen LogP contribution < -0.4 is 16.6 Å². The van der Waals surface area contributed by atoms with E-state index in [-0.39, 0.29) is 30.5 Å². The molecule has 2 heterocycles. The van der Waals surface area contributed by atoms with Gasteiger partial charge in [0, 0.05) is 18.1 Å². The number of benzene rings is 2. The van der Waals surface area contributed by atoms with Crippen molar-refractivity contribution in [2.45, 2.75) is 26.9 Å². The monoisotopic (exact) mass is 466 g/mol. The molecule has 0 saturated carbocycles. The van der Waals surface area contributed by atoms with Crippen LogP contribution in [0, 0.1) is 6.92 Å². The molecule has 4 aromatic rings. The zero-order valence-electron chi connectivity index (χ0n) is 17.8. The highest BCUT2D eigenvalue weighted by Gasteiger charge is 2.22. The number of nitrogens with zero attached hydrogens (tertiary/aromatic N) is 5. The van der Waals surface area contributed by atoms with Crippen LogP contribution in [0.5, 0.6) is 0 Å². The van der Waals surface area contributed by atoms with Crippen LogP contribution >= 0.6 is 11.6 Å². The molecular weight excluding hydrogens is 448 g/mol. The van der Waals surface area contributed by atoms with E-state index >= 15 is 0 Å². The number of hydrogen-bond donors (Lipinski definition) is 1. The van der Waals surface area contributed by atoms with Crippen LogP contribution in [0.15, 0.2) is 62.6 Å². The van der Waals surface area contributed by atoms with Crippen LogP contribution in [0.4, 0.5) is 0 Å². The van der Waals surface area contributed by atoms with E-state index in [0.717, 1.165) is 14.8 Å². The summed E-state index contributed by atoms with van der Waals surface area (Å²) in [7, 11) is 0. The van der Waals surface area contributed by atoms with Crippen molar-refractivity contribution in [3.63, 3.8) is 0 Å². The van der Waals surface area contributed by atoms with Gasteiger partial charge in [-0.1, -0.05) is 52.7 Å². The van der Waals surface area contributed by atoms with E-state index in [1.165, 1.54) is 0 Å². The second-order valence-electron chi connectivity index (χ2n) is 7.13. The molecular formula is C22H19ClN6O4. The summed E-state index contributed by atoms with van der Waals surface area (Å²) in [5, 5.41) is 11.0. The third-order valence-electron chi connectivity index (χ3n) is 4.88. The van der Waals surface area contributed by atoms with E-state index in [1.807, 2.05) is 19.1 Å². The molecule has 33 heavy (non-hydrogen) atoms. The average Bonchev–Trinajstić information content (AvgIpc) is 3.30. The first-order valence-corrected chi connectivity index (χ1v) is 10.4. The summed E-state index contributed by atoms with van der Waals surface area (Å²) in [4.78, 5) is 42.1. The first kappa shape index (κ1) is 22.2. The molecule has 168 valence electrons. The lowest BCUT2D eigenvalue weighted by Gasteiger charge is -2.09. The summed E-state index contributed by atoms with van der Waals surface area (Å²) < 4.78 is 7.14. The van der Waals surface area contributed by atoms with Crippen molar-refractivity contribution in [2.75, 3.05) is 0 Å². The van der Waals surface area contributed by atoms with Gasteiger partial charge >= 0.3 is 17.5 Å². The van der Waals surface area contributed by atoms with Gasteiger partial charge in [-0.25, -0.2) is 4.79 Å². The number of nitrogens with one attached hydrogen (secondary N) is 1. The largest absolute Gasteiger partial charge is 0.352 e. The van der Waals surface area contributed by atoms with E-state index in [4.69, 9.17) is 16.1 Å². The first-order valence-electron chi connectivity index (χ1n) is 10.1. The van der Waals surface area contributed by atoms with Gasteiger partial charge in [0.2, 0.25) is 5.82 Å². The van der Waals surface area contributed by atoms with Crippen LogP contribution in [0.2, 0.25) is 5.02 Å². The summed E-state index contributed by atoms with van der Waals surface area (Å²) in [5.74, 6) is -1.20. The van der Waals surface area contributed by atoms with Gasteiger partial charge in [-0.2, -0.15) is 14.8 Å². The summed E-state index contributed by atoms with van der Waals surface area (Å²) in [6.07, 6.45) is 0. The van der Waals surface area contributed by atoms with Gasteiger partial charge in [0.25, 0.3) is 5.56 Å². The van der Waals surface area contributed by atoms with E-state index < -0.39 is 17.2 Å². The van der Waals surface area contributed by atoms with Crippen molar-refractivity contribution >= 4 is 17.5 Å². The third kappa shape index (κ3) is 4.46. The summed E-state index contributed by atoms with van der Waals surface area (Å²) in [6, 6.07) is 14.1. The normalized spacial score (nSPS) is 10.9. The molecule has 0 radical (unpaired) electrons. The Balaban J connectivity index is 1.67. The summed E-state index contributed by atoms with van der Waals surface area (Å²) in [6.45, 7) is 3.84. The highest BCUT2D eigenvalue weighted by Crippen LogP contribution is 2.15. The number of rotatable bonds is 6. The standard InChI is InChI=1S/C22H19ClN6O4/c1-3-28-21(31)17(26-29(22(28)32)15-10-8-13(2)9-11-15)18-25-20(33-27-18)19(30)24-12-14-6-4-5-7-16(14)23/h4-11H,3,12H2,1-2H3,(H,24,30). The molecule has 0 aliphatic carbocycles. The molecule has 0 atom stereocenters. The number of hydrogen-bond acceptors (Lipinski definition) is 7. The maximum absolute atomic E-state index is 12.8. The van der Waals surface area contributed by atoms with Crippen molar-refractivity contribution in [1.82, 2.24) is 29.8 Å². The topological polar surface area (TPSA) is 125 Å². The van der Waals surface area contributed by atoms with Crippen LogP contribution in [-0.4, -0.2) is 30.4 Å². The Labute approximate surface area is 192 Å². The zero-order valence-corrected chi connectivity index (χ0v) is 18.5. The number of amides is 1. The fourth-order valence-electron chi connectivity index (χ4n) is 3.09. The predicted molar refractivity (Wildman–Crippen MR) is 120 cm³/mol. The molecule has 0 saturated heterocycles. The van der Waals surface area contributed by atoms with Gasteiger partial charge in [0.1, 0.15) is 0 Å². The van der Waals surface area contributed by atoms with Crippen molar-refractivity contribution in [3.8, 4) is 17.2 Å². The Morgan fingerprint density at radius 2 is 1.85 bits per heavy atom. The summed E-state index contributed by atoms with van der Waals surface area (Å²) >= 11 is 6.09. The minimum Gasteiger partial charge on any atom is -0.344 e. The Kier molecular flexibility index (Phi) is 6.18. The van der Waals surface area contributed by atoms with E-state index in [0.29, 0.717) is 16.3 Å². The molecule has 4 rings (SSSR count). The highest BCUT2D eigenvalue weighted by atomic mass is 35.5. The highest BCUT2D eigenvalue weighted by molar-refractivity contribution is 6.31. The summed E-state index contributed by atoms with van der Waals surface area (Å²) in [5.41, 5.74) is 0.679. The van der Waals surface area contributed by atoms with E-state index in [2.05, 4.69) is 20.6 Å². The Morgan fingerprint density at radius 3 is 2.55 bits per heavy atom. The Hall–Kier alpha value is -4.05. The SMILES string of the molecule is CCn1c(=O)c(-c2noc(C(=O)NCc3ccccc3Cl)n2)nn(-c2ccc(C)cc2)c1=O. The molecule has 0 aliphatic heterocycles. The Bertz CT molecular complexity index is 1440. The van der Waals surface area contributed by atoms with Gasteiger partial charge in [-0.3, -0.25) is 14.2 Å². The number of halogens is 1. The number of aromatic nitrogens is 5. The predicted octanol–water partition coefficient (Wildman–Crippen LogP) is 2.36. The molecule has 1 amide bonds.